The van der Waals surface area contributed by atoms with Crippen LogP contribution in [0.3, 0.4) is 0 Å². The van der Waals surface area contributed by atoms with Gasteiger partial charge in [-0.05, 0) is 59.7 Å². The Labute approximate surface area is 235 Å². The minimum Gasteiger partial charge on any atom is -0.387 e. The predicted molar refractivity (Wildman–Crippen MR) is 162 cm³/mol. The fraction of sp³-hybridized carbons (Fsp3) is 0.406. The fourth-order valence-electron chi connectivity index (χ4n) is 5.48. The number of nitrogens with two attached hydrogens (primary N) is 1. The third-order valence-corrected chi connectivity index (χ3v) is 7.62. The minimum atomic E-state index is 0.0270. The molecule has 1 amide bonds. The van der Waals surface area contributed by atoms with Crippen molar-refractivity contribution >= 4 is 34.3 Å². The van der Waals surface area contributed by atoms with E-state index < -0.39 is 0 Å². The molecule has 40 heavy (non-hydrogen) atoms. The number of rotatable bonds is 9. The van der Waals surface area contributed by atoms with Crippen molar-refractivity contribution < 1.29 is 9.53 Å². The molecule has 0 unspecified atom stereocenters. The van der Waals surface area contributed by atoms with Gasteiger partial charge in [0, 0.05) is 68.4 Å². The van der Waals surface area contributed by atoms with E-state index in [1.807, 2.05) is 59.6 Å². The Morgan fingerprint density at radius 2 is 1.73 bits per heavy atom. The summed E-state index contributed by atoms with van der Waals surface area (Å²) in [5.41, 5.74) is 10.6. The van der Waals surface area contributed by atoms with Gasteiger partial charge in [-0.3, -0.25) is 14.5 Å². The molecule has 5 rings (SSSR count). The largest absolute Gasteiger partial charge is 0.387 e. The second-order valence-corrected chi connectivity index (χ2v) is 10.6. The standard InChI is InChI=1S/C32H39N5O3/c1-3-10-36(11-4-2)31(38)27-20-26-6-5-24(21-29(26)34-30(33)22-27)23-7-8-28-25(19-23)9-12-37(32(28)39)14-13-35-15-17-40-18-16-35/h5-9,12,19-21H,3-4,10-11,13-18,22H2,1-2H3,(H2,33,34). The summed E-state index contributed by atoms with van der Waals surface area (Å²) in [5, 5.41) is 1.61. The number of ether oxygens (including phenoxy) is 1. The Hall–Kier alpha value is -3.75. The van der Waals surface area contributed by atoms with Crippen LogP contribution >= 0.6 is 0 Å². The molecule has 1 fully saturated rings. The Bertz CT molecular complexity index is 1490. The number of carbonyl (C=O) groups is 1. The van der Waals surface area contributed by atoms with Crippen molar-refractivity contribution in [1.82, 2.24) is 14.4 Å². The number of hydrogen-bond donors (Lipinski definition) is 1. The molecule has 1 saturated heterocycles. The molecule has 2 aliphatic rings. The zero-order chi connectivity index (χ0) is 28.1. The second-order valence-electron chi connectivity index (χ2n) is 10.6. The molecule has 0 radical (unpaired) electrons. The number of aliphatic imine (C=N–C) groups is 1. The van der Waals surface area contributed by atoms with E-state index in [9.17, 15) is 9.59 Å². The van der Waals surface area contributed by atoms with Crippen LogP contribution in [0.25, 0.3) is 28.0 Å². The van der Waals surface area contributed by atoms with Crippen LogP contribution in [0.2, 0.25) is 0 Å². The molecular weight excluding hydrogens is 502 g/mol. The van der Waals surface area contributed by atoms with Gasteiger partial charge in [0.05, 0.1) is 18.9 Å². The van der Waals surface area contributed by atoms with Crippen LogP contribution in [-0.4, -0.2) is 72.0 Å². The molecule has 2 N–H and O–H groups in total. The number of pyridine rings is 1. The van der Waals surface area contributed by atoms with Gasteiger partial charge in [-0.1, -0.05) is 32.0 Å². The lowest BCUT2D eigenvalue weighted by Crippen LogP contribution is -2.39. The molecule has 8 heteroatoms. The number of amidine groups is 1. The maximum absolute atomic E-state index is 13.3. The van der Waals surface area contributed by atoms with E-state index in [0.717, 1.165) is 86.5 Å². The number of morpholine rings is 1. The molecule has 0 atom stereocenters. The number of fused-ring (bicyclic) bond motifs is 2. The van der Waals surface area contributed by atoms with Crippen LogP contribution in [0.4, 0.5) is 5.69 Å². The number of nitrogens with zero attached hydrogens (tertiary/aromatic N) is 4. The third-order valence-electron chi connectivity index (χ3n) is 7.62. The summed E-state index contributed by atoms with van der Waals surface area (Å²) in [6, 6.07) is 14.0. The van der Waals surface area contributed by atoms with Crippen LogP contribution in [-0.2, 0) is 16.1 Å². The van der Waals surface area contributed by atoms with Gasteiger partial charge in [-0.15, -0.1) is 0 Å². The molecule has 3 heterocycles. The van der Waals surface area contributed by atoms with E-state index >= 15 is 0 Å². The van der Waals surface area contributed by atoms with Crippen LogP contribution in [0.5, 0.6) is 0 Å². The van der Waals surface area contributed by atoms with Gasteiger partial charge in [0.2, 0.25) is 5.91 Å². The van der Waals surface area contributed by atoms with E-state index in [2.05, 4.69) is 23.7 Å². The van der Waals surface area contributed by atoms with Crippen molar-refractivity contribution in [2.24, 2.45) is 10.7 Å². The monoisotopic (exact) mass is 541 g/mol. The summed E-state index contributed by atoms with van der Waals surface area (Å²) < 4.78 is 7.22. The molecule has 8 nitrogen and oxygen atoms in total. The number of benzene rings is 2. The highest BCUT2D eigenvalue weighted by atomic mass is 16.5. The van der Waals surface area contributed by atoms with Crippen molar-refractivity contribution in [1.29, 1.82) is 0 Å². The van der Waals surface area contributed by atoms with Gasteiger partial charge in [0.25, 0.3) is 5.56 Å². The Morgan fingerprint density at radius 1 is 1.00 bits per heavy atom. The average Bonchev–Trinajstić information content (AvgIpc) is 3.14. The molecule has 1 aromatic heterocycles. The summed E-state index contributed by atoms with van der Waals surface area (Å²) in [7, 11) is 0. The Kier molecular flexibility index (Phi) is 8.77. The lowest BCUT2D eigenvalue weighted by molar-refractivity contribution is -0.127. The molecular formula is C32H39N5O3. The number of aromatic nitrogens is 1. The molecule has 0 bridgehead atoms. The van der Waals surface area contributed by atoms with Crippen LogP contribution < -0.4 is 11.3 Å². The first-order valence-electron chi connectivity index (χ1n) is 14.4. The highest BCUT2D eigenvalue weighted by Gasteiger charge is 2.21. The lowest BCUT2D eigenvalue weighted by atomic mass is 9.99. The van der Waals surface area contributed by atoms with Gasteiger partial charge in [-0.2, -0.15) is 0 Å². The smallest absolute Gasteiger partial charge is 0.258 e. The van der Waals surface area contributed by atoms with Gasteiger partial charge < -0.3 is 19.9 Å². The van der Waals surface area contributed by atoms with Crippen molar-refractivity contribution in [3.63, 3.8) is 0 Å². The van der Waals surface area contributed by atoms with Crippen molar-refractivity contribution in [3.8, 4) is 11.1 Å². The zero-order valence-corrected chi connectivity index (χ0v) is 23.6. The molecule has 2 aliphatic heterocycles. The Morgan fingerprint density at radius 3 is 2.48 bits per heavy atom. The number of amides is 1. The van der Waals surface area contributed by atoms with Crippen molar-refractivity contribution in [3.05, 3.63) is 70.2 Å². The Balaban J connectivity index is 1.39. The average molecular weight is 542 g/mol. The first-order valence-corrected chi connectivity index (χ1v) is 14.4. The first kappa shape index (κ1) is 27.8. The summed E-state index contributed by atoms with van der Waals surface area (Å²) in [6.45, 7) is 10.4. The molecule has 0 saturated carbocycles. The predicted octanol–water partition coefficient (Wildman–Crippen LogP) is 4.43. The van der Waals surface area contributed by atoms with E-state index in [4.69, 9.17) is 10.5 Å². The van der Waals surface area contributed by atoms with Crippen LogP contribution in [0, 0.1) is 0 Å². The maximum atomic E-state index is 13.3. The normalized spacial score (nSPS) is 15.8. The third kappa shape index (κ3) is 6.18. The van der Waals surface area contributed by atoms with Gasteiger partial charge in [0.1, 0.15) is 5.84 Å². The summed E-state index contributed by atoms with van der Waals surface area (Å²) in [5.74, 6) is 0.462. The van der Waals surface area contributed by atoms with E-state index in [0.29, 0.717) is 29.8 Å². The molecule has 3 aromatic rings. The fourth-order valence-corrected chi connectivity index (χ4v) is 5.48. The zero-order valence-electron chi connectivity index (χ0n) is 23.6. The summed E-state index contributed by atoms with van der Waals surface area (Å²) >= 11 is 0. The quantitative estimate of drug-likeness (QED) is 0.433. The van der Waals surface area contributed by atoms with E-state index in [-0.39, 0.29) is 11.5 Å². The second kappa shape index (κ2) is 12.6. The topological polar surface area (TPSA) is 93.2 Å². The highest BCUT2D eigenvalue weighted by Crippen LogP contribution is 2.33. The molecule has 0 aliphatic carbocycles. The van der Waals surface area contributed by atoms with Gasteiger partial charge >= 0.3 is 0 Å². The van der Waals surface area contributed by atoms with E-state index in [1.54, 1.807) is 4.57 Å². The summed E-state index contributed by atoms with van der Waals surface area (Å²) in [4.78, 5) is 35.4. The SMILES string of the molecule is CCCN(CCC)C(=O)C1=Cc2ccc(-c3ccc4c(=O)n(CCN5CCOCC5)ccc4c3)cc2N=C(N)C1. The number of hydrogen-bond acceptors (Lipinski definition) is 6. The van der Waals surface area contributed by atoms with Crippen LogP contribution in [0.15, 0.2) is 64.0 Å². The highest BCUT2D eigenvalue weighted by molar-refractivity contribution is 6.05. The molecule has 2 aromatic carbocycles. The lowest BCUT2D eigenvalue weighted by Gasteiger charge is -2.26. The van der Waals surface area contributed by atoms with Gasteiger partial charge in [0.15, 0.2) is 0 Å². The first-order chi connectivity index (χ1) is 19.5. The van der Waals surface area contributed by atoms with E-state index in [1.165, 1.54) is 0 Å². The van der Waals surface area contributed by atoms with Crippen LogP contribution in [0.1, 0.15) is 38.7 Å². The van der Waals surface area contributed by atoms with Gasteiger partial charge in [-0.25, -0.2) is 4.99 Å². The molecule has 0 spiro atoms. The van der Waals surface area contributed by atoms with Crippen molar-refractivity contribution in [2.45, 2.75) is 39.7 Å². The number of carbonyl (C=O) groups excluding carboxylic acids is 1. The van der Waals surface area contributed by atoms with Crippen molar-refractivity contribution in [2.75, 3.05) is 45.9 Å². The molecule has 210 valence electrons. The summed E-state index contributed by atoms with van der Waals surface area (Å²) in [6.07, 6.45) is 5.98. The maximum Gasteiger partial charge on any atom is 0.258 e. The minimum absolute atomic E-state index is 0.0270.